The van der Waals surface area contributed by atoms with Gasteiger partial charge in [-0.1, -0.05) is 0 Å². The molecule has 0 saturated heterocycles. The van der Waals surface area contributed by atoms with Crippen molar-refractivity contribution in [3.05, 3.63) is 16.8 Å². The van der Waals surface area contributed by atoms with Crippen LogP contribution in [0.3, 0.4) is 0 Å². The van der Waals surface area contributed by atoms with Crippen molar-refractivity contribution in [3.8, 4) is 0 Å². The molecule has 3 N–H and O–H groups in total. The number of nitrogens with one attached hydrogen (secondary N) is 1. The molecule has 2 rings (SSSR count). The summed E-state index contributed by atoms with van der Waals surface area (Å²) in [7, 11) is 1.56. The molecule has 2 aromatic heterocycles. The summed E-state index contributed by atoms with van der Waals surface area (Å²) in [6.45, 7) is 3.83. The molecule has 0 atom stereocenters. The van der Waals surface area contributed by atoms with Crippen molar-refractivity contribution in [2.45, 2.75) is 13.3 Å². The van der Waals surface area contributed by atoms with E-state index in [1.165, 1.54) is 17.7 Å². The first-order chi connectivity index (χ1) is 10.7. The monoisotopic (exact) mass is 324 g/mol. The highest BCUT2D eigenvalue weighted by Gasteiger charge is 2.20. The number of aromatic nitrogens is 2. The lowest BCUT2D eigenvalue weighted by atomic mass is 10.2. The van der Waals surface area contributed by atoms with E-state index in [-0.39, 0.29) is 12.6 Å². The number of fused-ring (bicyclic) bond motifs is 1. The number of nitrogens with zero attached hydrogens (tertiary/aromatic N) is 2. The van der Waals surface area contributed by atoms with Crippen molar-refractivity contribution in [1.82, 2.24) is 9.97 Å². The van der Waals surface area contributed by atoms with Gasteiger partial charge in [-0.25, -0.2) is 14.8 Å². The number of carbonyl (C=O) groups is 1. The molecule has 22 heavy (non-hydrogen) atoms. The van der Waals surface area contributed by atoms with Gasteiger partial charge in [0.05, 0.1) is 12.0 Å². The molecule has 0 radical (unpaired) electrons. The second-order valence-electron chi connectivity index (χ2n) is 4.66. The Balaban J connectivity index is 2.24. The van der Waals surface area contributed by atoms with E-state index in [4.69, 9.17) is 15.2 Å². The Morgan fingerprint density at radius 3 is 2.95 bits per heavy atom. The van der Waals surface area contributed by atoms with Crippen LogP contribution in [0.25, 0.3) is 10.2 Å². The van der Waals surface area contributed by atoms with E-state index in [1.807, 2.05) is 6.92 Å². The first-order valence-corrected chi connectivity index (χ1v) is 7.84. The minimum atomic E-state index is -0.356. The number of anilines is 1. The number of aryl methyl sites for hydroxylation is 1. The summed E-state index contributed by atoms with van der Waals surface area (Å²) < 4.78 is 10.1. The molecule has 0 unspecified atom stereocenters. The Labute approximate surface area is 132 Å². The van der Waals surface area contributed by atoms with E-state index in [0.717, 1.165) is 34.6 Å². The Hall–Kier alpha value is -1.77. The zero-order valence-electron chi connectivity index (χ0n) is 12.7. The average molecular weight is 324 g/mol. The van der Waals surface area contributed by atoms with Crippen molar-refractivity contribution >= 4 is 33.3 Å². The fourth-order valence-electron chi connectivity index (χ4n) is 1.99. The molecule has 7 nitrogen and oxygen atoms in total. The average Bonchev–Trinajstić information content (AvgIpc) is 2.86. The van der Waals surface area contributed by atoms with Crippen molar-refractivity contribution in [3.63, 3.8) is 0 Å². The van der Waals surface area contributed by atoms with E-state index in [1.54, 1.807) is 7.11 Å². The Morgan fingerprint density at radius 2 is 2.23 bits per heavy atom. The Kier molecular flexibility index (Phi) is 6.05. The zero-order valence-corrected chi connectivity index (χ0v) is 13.5. The van der Waals surface area contributed by atoms with Gasteiger partial charge in [0, 0.05) is 13.7 Å². The smallest absolute Gasteiger partial charge is 0.348 e. The van der Waals surface area contributed by atoms with Gasteiger partial charge in [0.15, 0.2) is 0 Å². The van der Waals surface area contributed by atoms with Crippen LogP contribution >= 0.6 is 11.3 Å². The normalized spacial score (nSPS) is 10.9. The van der Waals surface area contributed by atoms with E-state index < -0.39 is 0 Å². The second-order valence-corrected chi connectivity index (χ2v) is 5.66. The summed E-state index contributed by atoms with van der Waals surface area (Å²) in [4.78, 5) is 21.9. The van der Waals surface area contributed by atoms with Gasteiger partial charge in [-0.15, -0.1) is 11.3 Å². The van der Waals surface area contributed by atoms with E-state index >= 15 is 0 Å². The fraction of sp³-hybridized carbons (Fsp3) is 0.500. The summed E-state index contributed by atoms with van der Waals surface area (Å²) in [5.74, 6) is 0.369. The summed E-state index contributed by atoms with van der Waals surface area (Å²) in [5, 5.41) is 4.10. The fourth-order valence-corrected chi connectivity index (χ4v) is 3.03. The largest absolute Gasteiger partial charge is 0.459 e. The standard InChI is InChI=1S/C14H20N4O3S/c1-9-10-12(16-5-3-4-15)17-8-18-13(10)22-11(9)14(19)21-7-6-20-2/h8H,3-7,15H2,1-2H3,(H,16,17,18). The van der Waals surface area contributed by atoms with Gasteiger partial charge >= 0.3 is 5.97 Å². The highest BCUT2D eigenvalue weighted by molar-refractivity contribution is 7.20. The SMILES string of the molecule is COCCOC(=O)c1sc2ncnc(NCCCN)c2c1C. The van der Waals surface area contributed by atoms with Crippen LogP contribution in [0.1, 0.15) is 21.7 Å². The maximum absolute atomic E-state index is 12.1. The van der Waals surface area contributed by atoms with Crippen LogP contribution in [0.15, 0.2) is 6.33 Å². The summed E-state index contributed by atoms with van der Waals surface area (Å²) in [5.41, 5.74) is 6.33. The van der Waals surface area contributed by atoms with Crippen molar-refractivity contribution in [1.29, 1.82) is 0 Å². The van der Waals surface area contributed by atoms with Gasteiger partial charge in [0.2, 0.25) is 0 Å². The topological polar surface area (TPSA) is 99.4 Å². The van der Waals surface area contributed by atoms with Crippen LogP contribution in [-0.4, -0.2) is 49.4 Å². The number of carbonyl (C=O) groups excluding carboxylic acids is 1. The third-order valence-corrected chi connectivity index (χ3v) is 4.29. The molecular formula is C14H20N4O3S. The van der Waals surface area contributed by atoms with E-state index in [0.29, 0.717) is 18.0 Å². The number of ether oxygens (including phenoxy) is 2. The number of methoxy groups -OCH3 is 1. The summed E-state index contributed by atoms with van der Waals surface area (Å²) in [6, 6.07) is 0. The molecule has 120 valence electrons. The minimum Gasteiger partial charge on any atom is -0.459 e. The first-order valence-electron chi connectivity index (χ1n) is 7.03. The Morgan fingerprint density at radius 1 is 1.41 bits per heavy atom. The van der Waals surface area contributed by atoms with E-state index in [9.17, 15) is 4.79 Å². The Bertz CT molecular complexity index is 644. The van der Waals surface area contributed by atoms with Crippen LogP contribution in [0.4, 0.5) is 5.82 Å². The number of hydrogen-bond acceptors (Lipinski definition) is 8. The summed E-state index contributed by atoms with van der Waals surface area (Å²) >= 11 is 1.31. The predicted molar refractivity (Wildman–Crippen MR) is 86.5 cm³/mol. The maximum atomic E-state index is 12.1. The van der Waals surface area contributed by atoms with Crippen molar-refractivity contribution in [2.24, 2.45) is 5.73 Å². The molecule has 2 aromatic rings. The minimum absolute atomic E-state index is 0.232. The molecule has 0 bridgehead atoms. The van der Waals surface area contributed by atoms with Crippen molar-refractivity contribution < 1.29 is 14.3 Å². The molecule has 0 aromatic carbocycles. The molecule has 0 amide bonds. The highest BCUT2D eigenvalue weighted by Crippen LogP contribution is 2.33. The molecule has 0 fully saturated rings. The number of hydrogen-bond donors (Lipinski definition) is 2. The van der Waals surface area contributed by atoms with Gasteiger partial charge in [-0.05, 0) is 25.5 Å². The molecule has 0 aliphatic heterocycles. The van der Waals surface area contributed by atoms with Crippen LogP contribution < -0.4 is 11.1 Å². The van der Waals surface area contributed by atoms with Crippen LogP contribution in [0.2, 0.25) is 0 Å². The molecule has 0 aliphatic carbocycles. The lowest BCUT2D eigenvalue weighted by Gasteiger charge is -2.06. The van der Waals surface area contributed by atoms with Gasteiger partial charge in [0.1, 0.15) is 28.5 Å². The van der Waals surface area contributed by atoms with Crippen LogP contribution in [0.5, 0.6) is 0 Å². The molecular weight excluding hydrogens is 304 g/mol. The highest BCUT2D eigenvalue weighted by atomic mass is 32.1. The molecule has 0 saturated carbocycles. The van der Waals surface area contributed by atoms with Crippen LogP contribution in [-0.2, 0) is 9.47 Å². The number of rotatable bonds is 8. The zero-order chi connectivity index (χ0) is 15.9. The van der Waals surface area contributed by atoms with Crippen LogP contribution in [0, 0.1) is 6.92 Å². The number of nitrogens with two attached hydrogens (primary N) is 1. The first kappa shape index (κ1) is 16.6. The summed E-state index contributed by atoms with van der Waals surface area (Å²) in [6.07, 6.45) is 2.34. The maximum Gasteiger partial charge on any atom is 0.348 e. The predicted octanol–water partition coefficient (Wildman–Crippen LogP) is 1.56. The molecule has 8 heteroatoms. The molecule has 2 heterocycles. The van der Waals surface area contributed by atoms with Gasteiger partial charge in [-0.3, -0.25) is 0 Å². The number of thiophene rings is 1. The lowest BCUT2D eigenvalue weighted by Crippen LogP contribution is -2.10. The third-order valence-electron chi connectivity index (χ3n) is 3.11. The molecule has 0 aliphatic rings. The quantitative estimate of drug-likeness (QED) is 0.561. The third kappa shape index (κ3) is 3.70. The van der Waals surface area contributed by atoms with Gasteiger partial charge in [0.25, 0.3) is 0 Å². The molecule has 0 spiro atoms. The van der Waals surface area contributed by atoms with Crippen molar-refractivity contribution in [2.75, 3.05) is 38.7 Å². The lowest BCUT2D eigenvalue weighted by molar-refractivity contribution is 0.0393. The number of esters is 1. The van der Waals surface area contributed by atoms with Gasteiger partial charge in [-0.2, -0.15) is 0 Å². The van der Waals surface area contributed by atoms with E-state index in [2.05, 4.69) is 15.3 Å². The van der Waals surface area contributed by atoms with Gasteiger partial charge < -0.3 is 20.5 Å². The second kappa shape index (κ2) is 8.02.